The Hall–Kier alpha value is -1.81. The Balaban J connectivity index is 1.89. The predicted octanol–water partition coefficient (Wildman–Crippen LogP) is 2.61. The summed E-state index contributed by atoms with van der Waals surface area (Å²) in [6, 6.07) is 8.53. The van der Waals surface area contributed by atoms with Gasteiger partial charge in [0.25, 0.3) is 0 Å². The fourth-order valence-electron chi connectivity index (χ4n) is 3.34. The van der Waals surface area contributed by atoms with Crippen LogP contribution in [0.4, 0.5) is 0 Å². The number of likely N-dealkylation sites (N-methyl/N-ethyl adjacent to an activating group) is 1. The van der Waals surface area contributed by atoms with Crippen LogP contribution in [0.15, 0.2) is 24.3 Å². The highest BCUT2D eigenvalue weighted by Crippen LogP contribution is 2.34. The predicted molar refractivity (Wildman–Crippen MR) is 85.3 cm³/mol. The molecule has 0 saturated carbocycles. The van der Waals surface area contributed by atoms with Crippen LogP contribution in [-0.2, 0) is 11.2 Å². The van der Waals surface area contributed by atoms with Gasteiger partial charge in [0.15, 0.2) is 0 Å². The first-order chi connectivity index (χ1) is 10.1. The third-order valence-corrected chi connectivity index (χ3v) is 4.38. The van der Waals surface area contributed by atoms with Crippen LogP contribution in [0.3, 0.4) is 0 Å². The molecule has 1 aliphatic rings. The van der Waals surface area contributed by atoms with Crippen molar-refractivity contribution in [2.75, 3.05) is 14.1 Å². The lowest BCUT2D eigenvalue weighted by molar-refractivity contribution is -0.130. The summed E-state index contributed by atoms with van der Waals surface area (Å²) in [5, 5.41) is 4.82. The fraction of sp³-hybridized carbons (Fsp3) is 0.471. The molecule has 0 radical (unpaired) electrons. The van der Waals surface area contributed by atoms with Gasteiger partial charge in [-0.15, -0.1) is 0 Å². The zero-order chi connectivity index (χ0) is 15.0. The minimum absolute atomic E-state index is 0.123. The molecule has 0 saturated heterocycles. The zero-order valence-electron chi connectivity index (χ0n) is 12.9. The van der Waals surface area contributed by atoms with Crippen molar-refractivity contribution in [1.29, 1.82) is 0 Å². The molecule has 2 N–H and O–H groups in total. The summed E-state index contributed by atoms with van der Waals surface area (Å²) >= 11 is 0. The highest BCUT2D eigenvalue weighted by Gasteiger charge is 2.27. The van der Waals surface area contributed by atoms with Crippen molar-refractivity contribution in [3.63, 3.8) is 0 Å². The summed E-state index contributed by atoms with van der Waals surface area (Å²) in [5.74, 6) is 0.123. The van der Waals surface area contributed by atoms with Gasteiger partial charge in [-0.3, -0.25) is 10.1 Å². The van der Waals surface area contributed by atoms with E-state index in [0.29, 0.717) is 0 Å². The van der Waals surface area contributed by atoms with Gasteiger partial charge in [-0.05, 0) is 37.8 Å². The van der Waals surface area contributed by atoms with Gasteiger partial charge in [0.2, 0.25) is 5.91 Å². The second-order valence-corrected chi connectivity index (χ2v) is 6.13. The number of aromatic amines is 1. The lowest BCUT2D eigenvalue weighted by Crippen LogP contribution is -2.43. The SMILES string of the molecule is CC(NC1CCCc2c1[nH]c1ccccc21)C(=O)N(C)C. The molecule has 1 amide bonds. The van der Waals surface area contributed by atoms with E-state index in [2.05, 4.69) is 34.6 Å². The largest absolute Gasteiger partial charge is 0.357 e. The van der Waals surface area contributed by atoms with Crippen molar-refractivity contribution in [3.8, 4) is 0 Å². The number of aryl methyl sites for hydroxylation is 1. The Morgan fingerprint density at radius 2 is 2.14 bits per heavy atom. The van der Waals surface area contributed by atoms with Crippen LogP contribution >= 0.6 is 0 Å². The Morgan fingerprint density at radius 3 is 2.90 bits per heavy atom. The molecule has 2 atom stereocenters. The minimum atomic E-state index is -0.164. The number of hydrogen-bond donors (Lipinski definition) is 2. The van der Waals surface area contributed by atoms with Crippen LogP contribution in [0.1, 0.15) is 37.1 Å². The Bertz CT molecular complexity index is 659. The van der Waals surface area contributed by atoms with E-state index in [1.807, 2.05) is 6.92 Å². The minimum Gasteiger partial charge on any atom is -0.357 e. The molecule has 0 bridgehead atoms. The number of nitrogens with zero attached hydrogens (tertiary/aromatic N) is 1. The normalized spacial score (nSPS) is 19.3. The smallest absolute Gasteiger partial charge is 0.238 e. The molecule has 1 aromatic heterocycles. The Morgan fingerprint density at radius 1 is 1.38 bits per heavy atom. The second kappa shape index (κ2) is 5.53. The second-order valence-electron chi connectivity index (χ2n) is 6.13. The van der Waals surface area contributed by atoms with E-state index in [1.54, 1.807) is 19.0 Å². The lowest BCUT2D eigenvalue weighted by atomic mass is 9.91. The number of aromatic nitrogens is 1. The number of amides is 1. The van der Waals surface area contributed by atoms with Gasteiger partial charge in [-0.1, -0.05) is 18.2 Å². The first-order valence-corrected chi connectivity index (χ1v) is 7.64. The molecular formula is C17H23N3O. The first kappa shape index (κ1) is 14.1. The number of fused-ring (bicyclic) bond motifs is 3. The zero-order valence-corrected chi connectivity index (χ0v) is 12.9. The van der Waals surface area contributed by atoms with E-state index in [4.69, 9.17) is 0 Å². The van der Waals surface area contributed by atoms with E-state index in [0.717, 1.165) is 19.3 Å². The molecule has 3 rings (SSSR count). The van der Waals surface area contributed by atoms with Crippen molar-refractivity contribution in [3.05, 3.63) is 35.5 Å². The van der Waals surface area contributed by atoms with Crippen LogP contribution in [0.5, 0.6) is 0 Å². The highest BCUT2D eigenvalue weighted by atomic mass is 16.2. The van der Waals surface area contributed by atoms with Crippen LogP contribution in [0, 0.1) is 0 Å². The van der Waals surface area contributed by atoms with Crippen molar-refractivity contribution in [1.82, 2.24) is 15.2 Å². The number of nitrogens with one attached hydrogen (secondary N) is 2. The van der Waals surface area contributed by atoms with E-state index in [1.165, 1.54) is 22.2 Å². The average molecular weight is 285 g/mol. The van der Waals surface area contributed by atoms with Crippen molar-refractivity contribution >= 4 is 16.8 Å². The third-order valence-electron chi connectivity index (χ3n) is 4.38. The molecule has 0 aliphatic heterocycles. The number of carbonyl (C=O) groups is 1. The van der Waals surface area contributed by atoms with E-state index in [9.17, 15) is 4.79 Å². The summed E-state index contributed by atoms with van der Waals surface area (Å²) in [6.07, 6.45) is 3.35. The van der Waals surface area contributed by atoms with E-state index >= 15 is 0 Å². The van der Waals surface area contributed by atoms with Crippen molar-refractivity contribution in [2.24, 2.45) is 0 Å². The monoisotopic (exact) mass is 285 g/mol. The van der Waals surface area contributed by atoms with Crippen molar-refractivity contribution in [2.45, 2.75) is 38.3 Å². The van der Waals surface area contributed by atoms with Gasteiger partial charge in [-0.2, -0.15) is 0 Å². The van der Waals surface area contributed by atoms with Crippen LogP contribution in [-0.4, -0.2) is 35.9 Å². The molecule has 1 aromatic carbocycles. The molecule has 2 unspecified atom stereocenters. The molecule has 0 fully saturated rings. The molecule has 4 heteroatoms. The number of hydrogen-bond acceptors (Lipinski definition) is 2. The van der Waals surface area contributed by atoms with E-state index in [-0.39, 0.29) is 18.0 Å². The molecule has 21 heavy (non-hydrogen) atoms. The Labute approximate surface area is 125 Å². The molecule has 2 aromatic rings. The highest BCUT2D eigenvalue weighted by molar-refractivity contribution is 5.85. The summed E-state index contributed by atoms with van der Waals surface area (Å²) in [4.78, 5) is 17.3. The van der Waals surface area contributed by atoms with Crippen molar-refractivity contribution < 1.29 is 4.79 Å². The van der Waals surface area contributed by atoms with Gasteiger partial charge < -0.3 is 9.88 Å². The maximum Gasteiger partial charge on any atom is 0.238 e. The number of carbonyl (C=O) groups excluding carboxylic acids is 1. The maximum atomic E-state index is 12.1. The number of para-hydroxylation sites is 1. The maximum absolute atomic E-state index is 12.1. The van der Waals surface area contributed by atoms with Gasteiger partial charge in [0.05, 0.1) is 6.04 Å². The fourth-order valence-corrected chi connectivity index (χ4v) is 3.34. The molecule has 4 nitrogen and oxygen atoms in total. The summed E-state index contributed by atoms with van der Waals surface area (Å²) in [6.45, 7) is 1.94. The standard InChI is InChI=1S/C17H23N3O/c1-11(17(21)20(2)3)18-15-10-6-8-13-12-7-4-5-9-14(12)19-16(13)15/h4-5,7,9,11,15,18-19H,6,8,10H2,1-3H3. The summed E-state index contributed by atoms with van der Waals surface area (Å²) in [5.41, 5.74) is 3.88. The first-order valence-electron chi connectivity index (χ1n) is 7.64. The number of benzene rings is 1. The lowest BCUT2D eigenvalue weighted by Gasteiger charge is -2.28. The molecule has 0 spiro atoms. The van der Waals surface area contributed by atoms with Gasteiger partial charge in [0, 0.05) is 36.7 Å². The molecule has 1 aliphatic carbocycles. The number of H-pyrrole nitrogens is 1. The topological polar surface area (TPSA) is 48.1 Å². The Kier molecular flexibility index (Phi) is 3.72. The van der Waals surface area contributed by atoms with Crippen LogP contribution in [0.25, 0.3) is 10.9 Å². The summed E-state index contributed by atoms with van der Waals surface area (Å²) in [7, 11) is 3.60. The number of rotatable bonds is 3. The average Bonchev–Trinajstić information content (AvgIpc) is 2.86. The van der Waals surface area contributed by atoms with E-state index < -0.39 is 0 Å². The van der Waals surface area contributed by atoms with Gasteiger partial charge >= 0.3 is 0 Å². The molecule has 1 heterocycles. The third kappa shape index (κ3) is 2.56. The van der Waals surface area contributed by atoms with Crippen LogP contribution < -0.4 is 5.32 Å². The summed E-state index contributed by atoms with van der Waals surface area (Å²) < 4.78 is 0. The van der Waals surface area contributed by atoms with Gasteiger partial charge in [0.1, 0.15) is 0 Å². The van der Waals surface area contributed by atoms with Crippen LogP contribution in [0.2, 0.25) is 0 Å². The molecular weight excluding hydrogens is 262 g/mol. The molecule has 112 valence electrons. The quantitative estimate of drug-likeness (QED) is 0.910. The van der Waals surface area contributed by atoms with Gasteiger partial charge in [-0.25, -0.2) is 0 Å².